The minimum absolute atomic E-state index is 0.148. The Morgan fingerprint density at radius 2 is 1.88 bits per heavy atom. The lowest BCUT2D eigenvalue weighted by Gasteiger charge is -2.39. The Hall–Kier alpha value is -3.33. The van der Waals surface area contributed by atoms with E-state index in [1.54, 1.807) is 4.90 Å². The molecule has 0 unspecified atom stereocenters. The highest BCUT2D eigenvalue weighted by atomic mass is 16.2. The molecule has 1 atom stereocenters. The Balaban J connectivity index is 1.24. The van der Waals surface area contributed by atoms with Crippen LogP contribution in [0.2, 0.25) is 0 Å². The van der Waals surface area contributed by atoms with Crippen LogP contribution in [0.25, 0.3) is 0 Å². The van der Waals surface area contributed by atoms with E-state index in [0.29, 0.717) is 32.4 Å². The predicted molar refractivity (Wildman–Crippen MR) is 120 cm³/mol. The molecule has 4 heterocycles. The molecule has 3 saturated heterocycles. The van der Waals surface area contributed by atoms with E-state index in [9.17, 15) is 14.4 Å². The number of carbonyl (C=O) groups is 3. The van der Waals surface area contributed by atoms with E-state index in [2.05, 4.69) is 32.3 Å². The van der Waals surface area contributed by atoms with Crippen molar-refractivity contribution in [2.75, 3.05) is 26.2 Å². The van der Waals surface area contributed by atoms with E-state index in [4.69, 9.17) is 0 Å². The average Bonchev–Trinajstić information content (AvgIpc) is 3.10. The summed E-state index contributed by atoms with van der Waals surface area (Å²) in [7, 11) is 0. The van der Waals surface area contributed by atoms with Gasteiger partial charge < -0.3 is 10.2 Å². The van der Waals surface area contributed by atoms with Crippen molar-refractivity contribution in [2.24, 2.45) is 0 Å². The molecule has 3 fully saturated rings. The van der Waals surface area contributed by atoms with Crippen molar-refractivity contribution in [1.82, 2.24) is 30.0 Å². The number of likely N-dealkylation sites (tertiary alicyclic amines) is 2. The number of aromatic nitrogens is 2. The highest BCUT2D eigenvalue weighted by Gasteiger charge is 2.54. The smallest absolute Gasteiger partial charge is 0.325 e. The zero-order valence-electron chi connectivity index (χ0n) is 18.5. The van der Waals surface area contributed by atoms with Gasteiger partial charge in [0.2, 0.25) is 0 Å². The van der Waals surface area contributed by atoms with Crippen molar-refractivity contribution < 1.29 is 14.4 Å². The number of piperidine rings is 2. The van der Waals surface area contributed by atoms with Crippen LogP contribution in [-0.4, -0.2) is 80.3 Å². The molecule has 0 radical (unpaired) electrons. The van der Waals surface area contributed by atoms with Gasteiger partial charge in [0, 0.05) is 45.1 Å². The second kappa shape index (κ2) is 8.90. The second-order valence-corrected chi connectivity index (χ2v) is 9.09. The van der Waals surface area contributed by atoms with Crippen molar-refractivity contribution in [3.8, 4) is 0 Å². The van der Waals surface area contributed by atoms with E-state index >= 15 is 0 Å². The van der Waals surface area contributed by atoms with E-state index in [-0.39, 0.29) is 29.6 Å². The van der Waals surface area contributed by atoms with E-state index in [0.717, 1.165) is 26.1 Å². The molecule has 4 amide bonds. The monoisotopic (exact) mass is 448 g/mol. The molecule has 1 N–H and O–H groups in total. The highest BCUT2D eigenvalue weighted by molar-refractivity contribution is 6.07. The van der Waals surface area contributed by atoms with E-state index in [1.807, 2.05) is 18.2 Å². The number of rotatable bonds is 4. The first-order valence-electron chi connectivity index (χ1n) is 11.5. The fourth-order valence-electron chi connectivity index (χ4n) is 5.17. The molecule has 0 bridgehead atoms. The third kappa shape index (κ3) is 4.20. The molecular weight excluding hydrogens is 420 g/mol. The largest absolute Gasteiger partial charge is 0.335 e. The Kier molecular flexibility index (Phi) is 5.80. The summed E-state index contributed by atoms with van der Waals surface area (Å²) in [5.41, 5.74) is 0.686. The molecule has 0 aliphatic carbocycles. The van der Waals surface area contributed by atoms with Gasteiger partial charge in [-0.25, -0.2) is 9.78 Å². The molecule has 2 aromatic rings. The van der Waals surface area contributed by atoms with Crippen LogP contribution >= 0.6 is 0 Å². The first-order chi connectivity index (χ1) is 16.1. The summed E-state index contributed by atoms with van der Waals surface area (Å²) in [6.45, 7) is 3.23. The quantitative estimate of drug-likeness (QED) is 0.715. The number of nitrogens with zero attached hydrogens (tertiary/aromatic N) is 5. The average molecular weight is 449 g/mol. The van der Waals surface area contributed by atoms with Crippen LogP contribution < -0.4 is 5.32 Å². The fraction of sp³-hybridized carbons (Fsp3) is 0.458. The molecule has 5 rings (SSSR count). The summed E-state index contributed by atoms with van der Waals surface area (Å²) in [6, 6.07) is 9.61. The minimum Gasteiger partial charge on any atom is -0.335 e. The predicted octanol–water partition coefficient (Wildman–Crippen LogP) is 1.67. The maximum absolute atomic E-state index is 13.5. The maximum atomic E-state index is 13.5. The second-order valence-electron chi connectivity index (χ2n) is 9.09. The SMILES string of the molecule is O=C(c1cnccn1)N1CCC[C@H](N2C(=O)NC3(CCN(Cc4ccccc4)CC3)C2=O)C1. The summed E-state index contributed by atoms with van der Waals surface area (Å²) in [4.78, 5) is 52.7. The third-order valence-corrected chi connectivity index (χ3v) is 6.98. The van der Waals surface area contributed by atoms with Crippen LogP contribution in [0.15, 0.2) is 48.9 Å². The molecule has 1 spiro atoms. The lowest BCUT2D eigenvalue weighted by molar-refractivity contribution is -0.135. The normalized spacial score (nSPS) is 23.1. The van der Waals surface area contributed by atoms with Crippen molar-refractivity contribution >= 4 is 17.8 Å². The van der Waals surface area contributed by atoms with Crippen LogP contribution in [0.5, 0.6) is 0 Å². The van der Waals surface area contributed by atoms with Gasteiger partial charge in [0.1, 0.15) is 11.2 Å². The van der Waals surface area contributed by atoms with Crippen molar-refractivity contribution in [3.63, 3.8) is 0 Å². The van der Waals surface area contributed by atoms with Crippen LogP contribution in [0, 0.1) is 0 Å². The van der Waals surface area contributed by atoms with Gasteiger partial charge >= 0.3 is 6.03 Å². The Labute approximate surface area is 192 Å². The third-order valence-electron chi connectivity index (χ3n) is 6.98. The molecule has 3 aliphatic rings. The summed E-state index contributed by atoms with van der Waals surface area (Å²) in [5, 5.41) is 3.01. The summed E-state index contributed by atoms with van der Waals surface area (Å²) < 4.78 is 0. The van der Waals surface area contributed by atoms with Crippen molar-refractivity contribution in [1.29, 1.82) is 0 Å². The Morgan fingerprint density at radius 1 is 1.09 bits per heavy atom. The Morgan fingerprint density at radius 3 is 2.61 bits per heavy atom. The number of hydrogen-bond acceptors (Lipinski definition) is 6. The summed E-state index contributed by atoms with van der Waals surface area (Å²) >= 11 is 0. The van der Waals surface area contributed by atoms with Gasteiger partial charge in [0.25, 0.3) is 11.8 Å². The van der Waals surface area contributed by atoms with Crippen molar-refractivity contribution in [3.05, 3.63) is 60.2 Å². The van der Waals surface area contributed by atoms with Gasteiger partial charge in [0.15, 0.2) is 0 Å². The van der Waals surface area contributed by atoms with Crippen LogP contribution in [-0.2, 0) is 11.3 Å². The lowest BCUT2D eigenvalue weighted by atomic mass is 9.87. The van der Waals surface area contributed by atoms with Gasteiger partial charge in [-0.15, -0.1) is 0 Å². The first kappa shape index (κ1) is 21.5. The number of amides is 4. The number of hydrogen-bond donors (Lipinski definition) is 1. The van der Waals surface area contributed by atoms with E-state index < -0.39 is 5.54 Å². The standard InChI is InChI=1S/C24H28N6O3/c31-21(20-15-25-10-11-26-20)29-12-4-7-19(17-29)30-22(32)24(27-23(30)33)8-13-28(14-9-24)16-18-5-2-1-3-6-18/h1-3,5-6,10-11,15,19H,4,7-9,12-14,16-17H2,(H,27,33)/t19-/m0/s1. The molecule has 9 heteroatoms. The van der Waals surface area contributed by atoms with Crippen LogP contribution in [0.1, 0.15) is 41.7 Å². The molecule has 1 aromatic carbocycles. The lowest BCUT2D eigenvalue weighted by Crippen LogP contribution is -2.56. The van der Waals surface area contributed by atoms with Gasteiger partial charge in [0.05, 0.1) is 12.2 Å². The maximum Gasteiger partial charge on any atom is 0.325 e. The zero-order valence-corrected chi connectivity index (χ0v) is 18.5. The fourth-order valence-corrected chi connectivity index (χ4v) is 5.17. The number of benzene rings is 1. The molecular formula is C24H28N6O3. The van der Waals surface area contributed by atoms with Gasteiger partial charge in [-0.05, 0) is 31.2 Å². The topological polar surface area (TPSA) is 98.7 Å². The molecule has 9 nitrogen and oxygen atoms in total. The summed E-state index contributed by atoms with van der Waals surface area (Å²) in [6.07, 6.45) is 7.06. The molecule has 172 valence electrons. The first-order valence-corrected chi connectivity index (χ1v) is 11.5. The number of urea groups is 1. The van der Waals surface area contributed by atoms with Crippen LogP contribution in [0.3, 0.4) is 0 Å². The van der Waals surface area contributed by atoms with Crippen LogP contribution in [0.4, 0.5) is 4.79 Å². The van der Waals surface area contributed by atoms with Crippen molar-refractivity contribution in [2.45, 2.75) is 43.8 Å². The highest BCUT2D eigenvalue weighted by Crippen LogP contribution is 2.33. The molecule has 3 aliphatic heterocycles. The number of imide groups is 1. The Bertz CT molecular complexity index is 1020. The van der Waals surface area contributed by atoms with Gasteiger partial charge in [-0.1, -0.05) is 30.3 Å². The summed E-state index contributed by atoms with van der Waals surface area (Å²) in [5.74, 6) is -0.366. The number of carbonyl (C=O) groups excluding carboxylic acids is 3. The molecule has 33 heavy (non-hydrogen) atoms. The van der Waals surface area contributed by atoms with Gasteiger partial charge in [-0.3, -0.25) is 24.4 Å². The zero-order chi connectivity index (χ0) is 22.8. The molecule has 1 aromatic heterocycles. The molecule has 0 saturated carbocycles. The van der Waals surface area contributed by atoms with E-state index in [1.165, 1.54) is 29.1 Å². The van der Waals surface area contributed by atoms with Gasteiger partial charge in [-0.2, -0.15) is 0 Å². The number of nitrogens with one attached hydrogen (secondary N) is 1. The minimum atomic E-state index is -0.832.